The molecule has 0 bridgehead atoms. The number of nitrogens with one attached hydrogen (secondary N) is 1. The summed E-state index contributed by atoms with van der Waals surface area (Å²) in [6.07, 6.45) is 6.38. The predicted octanol–water partition coefficient (Wildman–Crippen LogP) is 2.04. The van der Waals surface area contributed by atoms with Crippen LogP contribution in [0.4, 0.5) is 0 Å². The van der Waals surface area contributed by atoms with Gasteiger partial charge in [-0.1, -0.05) is 6.92 Å². The van der Waals surface area contributed by atoms with Crippen molar-refractivity contribution >= 4 is 0 Å². The van der Waals surface area contributed by atoms with Crippen LogP contribution >= 0.6 is 0 Å². The molecule has 0 amide bonds. The van der Waals surface area contributed by atoms with E-state index in [0.29, 0.717) is 5.92 Å². The smallest absolute Gasteiger partial charge is 0.115 e. The normalized spacial score (nSPS) is 13.9. The summed E-state index contributed by atoms with van der Waals surface area (Å²) < 4.78 is 0. The van der Waals surface area contributed by atoms with Crippen molar-refractivity contribution in [1.29, 1.82) is 0 Å². The lowest BCUT2D eigenvalue weighted by atomic mass is 10.0. The van der Waals surface area contributed by atoms with E-state index >= 15 is 0 Å². The van der Waals surface area contributed by atoms with Crippen LogP contribution in [-0.2, 0) is 6.42 Å². The standard InChI is InChI=1S/C12H21N3/c1-10(6-15-12(2,3)4)5-11-7-13-9-14-8-11/h7-10,15H,5-6H2,1-4H3. The second kappa shape index (κ2) is 5.21. The van der Waals surface area contributed by atoms with E-state index in [9.17, 15) is 0 Å². The fourth-order valence-corrected chi connectivity index (χ4v) is 1.39. The van der Waals surface area contributed by atoms with Gasteiger partial charge in [-0.25, -0.2) is 9.97 Å². The first-order chi connectivity index (χ1) is 6.97. The number of hydrogen-bond donors (Lipinski definition) is 1. The predicted molar refractivity (Wildman–Crippen MR) is 62.7 cm³/mol. The van der Waals surface area contributed by atoms with Crippen molar-refractivity contribution < 1.29 is 0 Å². The molecule has 0 aromatic carbocycles. The molecule has 0 fully saturated rings. The highest BCUT2D eigenvalue weighted by Gasteiger charge is 2.11. The Morgan fingerprint density at radius 2 is 1.87 bits per heavy atom. The largest absolute Gasteiger partial charge is 0.312 e. The van der Waals surface area contributed by atoms with Crippen molar-refractivity contribution in [3.63, 3.8) is 0 Å². The highest BCUT2D eigenvalue weighted by Crippen LogP contribution is 2.07. The summed E-state index contributed by atoms with van der Waals surface area (Å²) in [6, 6.07) is 0. The molecule has 0 spiro atoms. The third-order valence-corrected chi connectivity index (χ3v) is 2.18. The zero-order valence-corrected chi connectivity index (χ0v) is 10.1. The average molecular weight is 207 g/mol. The van der Waals surface area contributed by atoms with Crippen LogP contribution in [0.15, 0.2) is 18.7 Å². The van der Waals surface area contributed by atoms with Gasteiger partial charge in [-0.2, -0.15) is 0 Å². The van der Waals surface area contributed by atoms with Gasteiger partial charge in [-0.15, -0.1) is 0 Å². The van der Waals surface area contributed by atoms with E-state index in [4.69, 9.17) is 0 Å². The minimum Gasteiger partial charge on any atom is -0.312 e. The van der Waals surface area contributed by atoms with Gasteiger partial charge >= 0.3 is 0 Å². The van der Waals surface area contributed by atoms with E-state index in [0.717, 1.165) is 13.0 Å². The molecular weight excluding hydrogens is 186 g/mol. The van der Waals surface area contributed by atoms with E-state index in [-0.39, 0.29) is 5.54 Å². The lowest BCUT2D eigenvalue weighted by Crippen LogP contribution is -2.39. The molecule has 1 heterocycles. The molecular formula is C12H21N3. The second-order valence-corrected chi connectivity index (χ2v) is 5.19. The number of rotatable bonds is 4. The van der Waals surface area contributed by atoms with Crippen LogP contribution in [0.2, 0.25) is 0 Å². The topological polar surface area (TPSA) is 37.8 Å². The summed E-state index contributed by atoms with van der Waals surface area (Å²) in [7, 11) is 0. The molecule has 1 aromatic rings. The van der Waals surface area contributed by atoms with Crippen LogP contribution in [0.25, 0.3) is 0 Å². The summed E-state index contributed by atoms with van der Waals surface area (Å²) in [4.78, 5) is 8.03. The van der Waals surface area contributed by atoms with Crippen LogP contribution in [0.3, 0.4) is 0 Å². The molecule has 0 aliphatic rings. The molecule has 1 rings (SSSR count). The summed E-state index contributed by atoms with van der Waals surface area (Å²) in [6.45, 7) is 9.83. The molecule has 15 heavy (non-hydrogen) atoms. The van der Waals surface area contributed by atoms with Gasteiger partial charge in [0.1, 0.15) is 6.33 Å². The van der Waals surface area contributed by atoms with Gasteiger partial charge in [0.25, 0.3) is 0 Å². The van der Waals surface area contributed by atoms with Gasteiger partial charge in [0, 0.05) is 17.9 Å². The van der Waals surface area contributed by atoms with Crippen LogP contribution in [-0.4, -0.2) is 22.1 Å². The van der Waals surface area contributed by atoms with Gasteiger partial charge < -0.3 is 5.32 Å². The third kappa shape index (κ3) is 5.47. The van der Waals surface area contributed by atoms with E-state index in [1.807, 2.05) is 12.4 Å². The van der Waals surface area contributed by atoms with Crippen molar-refractivity contribution in [1.82, 2.24) is 15.3 Å². The molecule has 1 atom stereocenters. The van der Waals surface area contributed by atoms with Crippen molar-refractivity contribution in [2.24, 2.45) is 5.92 Å². The average Bonchev–Trinajstić information content (AvgIpc) is 2.15. The quantitative estimate of drug-likeness (QED) is 0.821. The maximum atomic E-state index is 4.02. The van der Waals surface area contributed by atoms with Crippen LogP contribution < -0.4 is 5.32 Å². The van der Waals surface area contributed by atoms with Gasteiger partial charge in [-0.05, 0) is 45.2 Å². The van der Waals surface area contributed by atoms with E-state index in [1.165, 1.54) is 5.56 Å². The molecule has 3 nitrogen and oxygen atoms in total. The Balaban J connectivity index is 2.34. The Hall–Kier alpha value is -0.960. The molecule has 0 saturated heterocycles. The molecule has 0 aliphatic heterocycles. The van der Waals surface area contributed by atoms with Crippen molar-refractivity contribution in [2.45, 2.75) is 39.7 Å². The Kier molecular flexibility index (Phi) is 4.21. The van der Waals surface area contributed by atoms with Gasteiger partial charge in [0.05, 0.1) is 0 Å². The highest BCUT2D eigenvalue weighted by molar-refractivity contribution is 5.03. The minimum absolute atomic E-state index is 0.196. The van der Waals surface area contributed by atoms with Crippen molar-refractivity contribution in [2.75, 3.05) is 6.54 Å². The SMILES string of the molecule is CC(CNC(C)(C)C)Cc1cncnc1. The molecule has 0 saturated carbocycles. The highest BCUT2D eigenvalue weighted by atomic mass is 14.9. The fourth-order valence-electron chi connectivity index (χ4n) is 1.39. The van der Waals surface area contributed by atoms with Gasteiger partial charge in [0.2, 0.25) is 0 Å². The van der Waals surface area contributed by atoms with Crippen LogP contribution in [0.5, 0.6) is 0 Å². The molecule has 0 radical (unpaired) electrons. The Bertz CT molecular complexity index is 277. The lowest BCUT2D eigenvalue weighted by Gasteiger charge is -2.23. The molecule has 1 N–H and O–H groups in total. The van der Waals surface area contributed by atoms with Crippen molar-refractivity contribution in [3.8, 4) is 0 Å². The first kappa shape index (κ1) is 12.1. The summed E-state index contributed by atoms with van der Waals surface area (Å²) in [5, 5.41) is 3.50. The Morgan fingerprint density at radius 3 is 2.40 bits per heavy atom. The molecule has 1 unspecified atom stereocenters. The summed E-state index contributed by atoms with van der Waals surface area (Å²) in [5.74, 6) is 0.607. The number of hydrogen-bond acceptors (Lipinski definition) is 3. The second-order valence-electron chi connectivity index (χ2n) is 5.19. The van der Waals surface area contributed by atoms with E-state index in [1.54, 1.807) is 6.33 Å². The van der Waals surface area contributed by atoms with Gasteiger partial charge in [-0.3, -0.25) is 0 Å². The first-order valence-corrected chi connectivity index (χ1v) is 5.46. The van der Waals surface area contributed by atoms with E-state index < -0.39 is 0 Å². The number of aromatic nitrogens is 2. The van der Waals surface area contributed by atoms with Gasteiger partial charge in [0.15, 0.2) is 0 Å². The Labute approximate surface area is 92.3 Å². The third-order valence-electron chi connectivity index (χ3n) is 2.18. The van der Waals surface area contributed by atoms with Crippen LogP contribution in [0, 0.1) is 5.92 Å². The lowest BCUT2D eigenvalue weighted by molar-refractivity contribution is 0.381. The maximum Gasteiger partial charge on any atom is 0.115 e. The summed E-state index contributed by atoms with van der Waals surface area (Å²) in [5.41, 5.74) is 1.40. The van der Waals surface area contributed by atoms with E-state index in [2.05, 4.69) is 43.0 Å². The minimum atomic E-state index is 0.196. The molecule has 0 aliphatic carbocycles. The number of nitrogens with zero attached hydrogens (tertiary/aromatic N) is 2. The van der Waals surface area contributed by atoms with Crippen LogP contribution in [0.1, 0.15) is 33.3 Å². The first-order valence-electron chi connectivity index (χ1n) is 5.46. The summed E-state index contributed by atoms with van der Waals surface area (Å²) >= 11 is 0. The molecule has 1 aromatic heterocycles. The zero-order chi connectivity index (χ0) is 11.3. The zero-order valence-electron chi connectivity index (χ0n) is 10.1. The van der Waals surface area contributed by atoms with Crippen molar-refractivity contribution in [3.05, 3.63) is 24.3 Å². The fraction of sp³-hybridized carbons (Fsp3) is 0.667. The Morgan fingerprint density at radius 1 is 1.27 bits per heavy atom. The monoisotopic (exact) mass is 207 g/mol. The molecule has 84 valence electrons. The maximum absolute atomic E-state index is 4.02. The molecule has 3 heteroatoms.